The van der Waals surface area contributed by atoms with E-state index in [1.165, 1.54) is 12.1 Å². The molecule has 32 heavy (non-hydrogen) atoms. The molecule has 0 bridgehead atoms. The Morgan fingerprint density at radius 3 is 2.59 bits per heavy atom. The second kappa shape index (κ2) is 10.6. The maximum Gasteiger partial charge on any atom is 0.260 e. The minimum absolute atomic E-state index is 0.00657. The molecule has 170 valence electrons. The molecule has 1 N–H and O–H groups in total. The molecule has 0 radical (unpaired) electrons. The average Bonchev–Trinajstić information content (AvgIpc) is 2.76. The molecule has 2 aromatic carbocycles. The fourth-order valence-electron chi connectivity index (χ4n) is 3.72. The van der Waals surface area contributed by atoms with Gasteiger partial charge in [-0.15, -0.1) is 0 Å². The van der Waals surface area contributed by atoms with E-state index in [-0.39, 0.29) is 30.4 Å². The van der Waals surface area contributed by atoms with Gasteiger partial charge in [0.2, 0.25) is 5.91 Å². The summed E-state index contributed by atoms with van der Waals surface area (Å²) in [6.07, 6.45) is 1.14. The van der Waals surface area contributed by atoms with Gasteiger partial charge in [-0.1, -0.05) is 30.3 Å². The molecular formula is C24H27ClFN3O3. The molecule has 2 amide bonds. The highest BCUT2D eigenvalue weighted by Crippen LogP contribution is 2.28. The van der Waals surface area contributed by atoms with Crippen molar-refractivity contribution in [1.29, 1.82) is 0 Å². The number of benzene rings is 2. The Bertz CT molecular complexity index is 983. The molecular weight excluding hydrogens is 433 g/mol. The van der Waals surface area contributed by atoms with Crippen LogP contribution in [-0.2, 0) is 16.1 Å². The van der Waals surface area contributed by atoms with Gasteiger partial charge in [0.15, 0.2) is 6.61 Å². The van der Waals surface area contributed by atoms with Crippen LogP contribution in [-0.4, -0.2) is 53.4 Å². The van der Waals surface area contributed by atoms with Crippen LogP contribution < -0.4 is 10.1 Å². The standard InChI is InChI=1S/C24H27ClFN3O3/c1-4-23(30)27-21-11-19(25)7-10-22(21)32-15-24(31)29-13-16(2)28(12-17(29)3)14-18-5-8-20(26)9-6-18/h4-11,16-17H,1,12-15H2,2-3H3,(H,27,30). The van der Waals surface area contributed by atoms with E-state index in [1.54, 1.807) is 30.3 Å². The number of piperazine rings is 1. The Balaban J connectivity index is 1.60. The lowest BCUT2D eigenvalue weighted by atomic mass is 10.1. The lowest BCUT2D eigenvalue weighted by Crippen LogP contribution is -2.58. The molecule has 1 aliphatic heterocycles. The van der Waals surface area contributed by atoms with Crippen molar-refractivity contribution in [3.05, 3.63) is 71.5 Å². The molecule has 1 heterocycles. The van der Waals surface area contributed by atoms with Gasteiger partial charge in [-0.2, -0.15) is 0 Å². The van der Waals surface area contributed by atoms with E-state index < -0.39 is 5.91 Å². The van der Waals surface area contributed by atoms with Crippen molar-refractivity contribution in [1.82, 2.24) is 9.80 Å². The van der Waals surface area contributed by atoms with Crippen molar-refractivity contribution in [2.24, 2.45) is 0 Å². The van der Waals surface area contributed by atoms with Gasteiger partial charge >= 0.3 is 0 Å². The number of hydrogen-bond acceptors (Lipinski definition) is 4. The highest BCUT2D eigenvalue weighted by Gasteiger charge is 2.32. The van der Waals surface area contributed by atoms with E-state index in [0.717, 1.165) is 11.6 Å². The minimum atomic E-state index is -0.400. The van der Waals surface area contributed by atoms with E-state index in [0.29, 0.717) is 36.1 Å². The van der Waals surface area contributed by atoms with Crippen LogP contribution in [0.1, 0.15) is 19.4 Å². The van der Waals surface area contributed by atoms with Gasteiger partial charge in [-0.25, -0.2) is 4.39 Å². The summed E-state index contributed by atoms with van der Waals surface area (Å²) in [5.74, 6) is -0.433. The predicted octanol–water partition coefficient (Wildman–Crippen LogP) is 4.10. The number of rotatable bonds is 7. The largest absolute Gasteiger partial charge is 0.482 e. The van der Waals surface area contributed by atoms with Gasteiger partial charge in [0.25, 0.3) is 5.91 Å². The Hall–Kier alpha value is -2.90. The summed E-state index contributed by atoms with van der Waals surface area (Å²) in [4.78, 5) is 28.7. The van der Waals surface area contributed by atoms with Crippen LogP contribution in [0.2, 0.25) is 5.02 Å². The third-order valence-electron chi connectivity index (χ3n) is 5.47. The molecule has 8 heteroatoms. The Labute approximate surface area is 192 Å². The van der Waals surface area contributed by atoms with Crippen molar-refractivity contribution in [3.63, 3.8) is 0 Å². The molecule has 0 aliphatic carbocycles. The summed E-state index contributed by atoms with van der Waals surface area (Å²) < 4.78 is 18.9. The number of nitrogens with one attached hydrogen (secondary N) is 1. The van der Waals surface area contributed by atoms with Crippen LogP contribution in [0.15, 0.2) is 55.1 Å². The van der Waals surface area contributed by atoms with Gasteiger partial charge in [0.05, 0.1) is 5.69 Å². The number of carbonyl (C=O) groups excluding carboxylic acids is 2. The molecule has 1 fully saturated rings. The third-order valence-corrected chi connectivity index (χ3v) is 5.71. The summed E-state index contributed by atoms with van der Waals surface area (Å²) in [5, 5.41) is 3.06. The maximum atomic E-state index is 13.2. The maximum absolute atomic E-state index is 13.2. The number of amides is 2. The fourth-order valence-corrected chi connectivity index (χ4v) is 3.89. The van der Waals surface area contributed by atoms with E-state index in [9.17, 15) is 14.0 Å². The first kappa shape index (κ1) is 23.8. The average molecular weight is 460 g/mol. The number of hydrogen-bond donors (Lipinski definition) is 1. The molecule has 1 aliphatic rings. The van der Waals surface area contributed by atoms with Crippen LogP contribution in [0.4, 0.5) is 10.1 Å². The zero-order chi connectivity index (χ0) is 23.3. The number of nitrogens with zero attached hydrogens (tertiary/aromatic N) is 2. The van der Waals surface area contributed by atoms with Gasteiger partial charge in [-0.05, 0) is 55.8 Å². The summed E-state index contributed by atoms with van der Waals surface area (Å²) in [7, 11) is 0. The molecule has 2 unspecified atom stereocenters. The lowest BCUT2D eigenvalue weighted by Gasteiger charge is -2.44. The van der Waals surface area contributed by atoms with Crippen LogP contribution in [0.3, 0.4) is 0 Å². The summed E-state index contributed by atoms with van der Waals surface area (Å²) in [5.41, 5.74) is 1.41. The van der Waals surface area contributed by atoms with Gasteiger partial charge in [0.1, 0.15) is 11.6 Å². The zero-order valence-electron chi connectivity index (χ0n) is 18.2. The summed E-state index contributed by atoms with van der Waals surface area (Å²) >= 11 is 6.01. The first-order valence-electron chi connectivity index (χ1n) is 10.4. The van der Waals surface area contributed by atoms with E-state index >= 15 is 0 Å². The Kier molecular flexibility index (Phi) is 7.88. The van der Waals surface area contributed by atoms with Crippen LogP contribution in [0, 0.1) is 5.82 Å². The number of anilines is 1. The van der Waals surface area contributed by atoms with Gasteiger partial charge in [-0.3, -0.25) is 14.5 Å². The second-order valence-electron chi connectivity index (χ2n) is 7.92. The minimum Gasteiger partial charge on any atom is -0.482 e. The third kappa shape index (κ3) is 6.08. The lowest BCUT2D eigenvalue weighted by molar-refractivity contribution is -0.139. The highest BCUT2D eigenvalue weighted by atomic mass is 35.5. The first-order chi connectivity index (χ1) is 15.3. The van der Waals surface area contributed by atoms with Gasteiger partial charge in [0, 0.05) is 36.7 Å². The number of halogens is 2. The van der Waals surface area contributed by atoms with Crippen LogP contribution >= 0.6 is 11.6 Å². The van der Waals surface area contributed by atoms with Crippen molar-refractivity contribution >= 4 is 29.1 Å². The van der Waals surface area contributed by atoms with Crippen molar-refractivity contribution in [2.75, 3.05) is 25.0 Å². The molecule has 0 saturated carbocycles. The SMILES string of the molecule is C=CC(=O)Nc1cc(Cl)ccc1OCC(=O)N1CC(C)N(Cc2ccc(F)cc2)CC1C. The molecule has 0 aromatic heterocycles. The van der Waals surface area contributed by atoms with Crippen LogP contribution in [0.25, 0.3) is 0 Å². The number of carbonyl (C=O) groups is 2. The normalized spacial score (nSPS) is 18.8. The van der Waals surface area contributed by atoms with Crippen molar-refractivity contribution < 1.29 is 18.7 Å². The number of ether oxygens (including phenoxy) is 1. The smallest absolute Gasteiger partial charge is 0.260 e. The molecule has 0 spiro atoms. The zero-order valence-corrected chi connectivity index (χ0v) is 18.9. The Morgan fingerprint density at radius 1 is 1.19 bits per heavy atom. The van der Waals surface area contributed by atoms with Crippen molar-refractivity contribution in [2.45, 2.75) is 32.5 Å². The van der Waals surface area contributed by atoms with E-state index in [4.69, 9.17) is 16.3 Å². The van der Waals surface area contributed by atoms with E-state index in [2.05, 4.69) is 23.7 Å². The monoisotopic (exact) mass is 459 g/mol. The summed E-state index contributed by atoms with van der Waals surface area (Å²) in [6.45, 7) is 9.29. The highest BCUT2D eigenvalue weighted by molar-refractivity contribution is 6.31. The second-order valence-corrected chi connectivity index (χ2v) is 8.36. The van der Waals surface area contributed by atoms with Crippen molar-refractivity contribution in [3.8, 4) is 5.75 Å². The Morgan fingerprint density at radius 2 is 1.91 bits per heavy atom. The first-order valence-corrected chi connectivity index (χ1v) is 10.8. The molecule has 6 nitrogen and oxygen atoms in total. The molecule has 3 rings (SSSR count). The molecule has 2 aromatic rings. The van der Waals surface area contributed by atoms with E-state index in [1.807, 2.05) is 11.8 Å². The predicted molar refractivity (Wildman–Crippen MR) is 123 cm³/mol. The van der Waals surface area contributed by atoms with Crippen LogP contribution in [0.5, 0.6) is 5.75 Å². The topological polar surface area (TPSA) is 61.9 Å². The van der Waals surface area contributed by atoms with Gasteiger partial charge < -0.3 is 15.0 Å². The molecule has 2 atom stereocenters. The molecule has 1 saturated heterocycles. The summed E-state index contributed by atoms with van der Waals surface area (Å²) in [6, 6.07) is 11.4. The quantitative estimate of drug-likeness (QED) is 0.633. The fraction of sp³-hybridized carbons (Fsp3) is 0.333.